The molecule has 1 heterocycles. The maximum atomic E-state index is 10.5. The lowest BCUT2D eigenvalue weighted by Crippen LogP contribution is -2.30. The van der Waals surface area contributed by atoms with Crippen molar-refractivity contribution in [1.82, 2.24) is 0 Å². The third-order valence-corrected chi connectivity index (χ3v) is 4.29. The molecule has 122 valence electrons. The molecule has 0 radical (unpaired) electrons. The van der Waals surface area contributed by atoms with Crippen LogP contribution in [0.3, 0.4) is 0 Å². The molecule has 1 aliphatic heterocycles. The second-order valence-electron chi connectivity index (χ2n) is 5.94. The lowest BCUT2D eigenvalue weighted by molar-refractivity contribution is 0.0202. The summed E-state index contributed by atoms with van der Waals surface area (Å²) in [6, 6.07) is 6.84. The average molecular weight is 316 g/mol. The number of rotatable bonds is 2. The van der Waals surface area contributed by atoms with Gasteiger partial charge in [-0.15, -0.1) is 0 Å². The van der Waals surface area contributed by atoms with Crippen LogP contribution in [0.15, 0.2) is 24.3 Å². The summed E-state index contributed by atoms with van der Waals surface area (Å²) in [6.07, 6.45) is -0.895. The first-order valence-corrected chi connectivity index (χ1v) is 7.45. The number of hydrogen-bond acceptors (Lipinski definition) is 5. The van der Waals surface area contributed by atoms with E-state index in [0.717, 1.165) is 11.1 Å². The van der Waals surface area contributed by atoms with Crippen molar-refractivity contribution in [3.8, 4) is 23.0 Å². The highest BCUT2D eigenvalue weighted by molar-refractivity contribution is 5.51. The summed E-state index contributed by atoms with van der Waals surface area (Å²) in [5, 5.41) is 30.0. The third-order valence-electron chi connectivity index (χ3n) is 4.29. The molecule has 0 aromatic heterocycles. The fraction of sp³-hybridized carbons (Fsp3) is 0.333. The number of aryl methyl sites for hydroxylation is 2. The first kappa shape index (κ1) is 15.5. The lowest BCUT2D eigenvalue weighted by Gasteiger charge is -2.32. The molecular formula is C18H20O5. The number of ether oxygens (including phenoxy) is 2. The monoisotopic (exact) mass is 316 g/mol. The van der Waals surface area contributed by atoms with E-state index in [4.69, 9.17) is 9.47 Å². The number of phenols is 2. The highest BCUT2D eigenvalue weighted by atomic mass is 16.5. The molecule has 23 heavy (non-hydrogen) atoms. The molecule has 5 nitrogen and oxygen atoms in total. The van der Waals surface area contributed by atoms with E-state index in [-0.39, 0.29) is 11.5 Å². The summed E-state index contributed by atoms with van der Waals surface area (Å²) >= 11 is 0. The Labute approximate surface area is 134 Å². The Morgan fingerprint density at radius 3 is 2.48 bits per heavy atom. The fourth-order valence-electron chi connectivity index (χ4n) is 3.01. The van der Waals surface area contributed by atoms with Gasteiger partial charge in [0.15, 0.2) is 11.5 Å². The van der Waals surface area contributed by atoms with Gasteiger partial charge in [0.2, 0.25) is 0 Å². The molecule has 2 atom stereocenters. The SMILES string of the molecule is COc1cc(C)c2c(c1)OC(c1cc(C)c(O)c(O)c1)C(O)C2. The van der Waals surface area contributed by atoms with Crippen LogP contribution in [0.25, 0.3) is 0 Å². The molecule has 0 spiro atoms. The zero-order valence-electron chi connectivity index (χ0n) is 13.3. The second kappa shape index (κ2) is 5.66. The number of aromatic hydroxyl groups is 2. The summed E-state index contributed by atoms with van der Waals surface area (Å²) in [5.41, 5.74) is 3.11. The molecule has 1 aliphatic rings. The molecule has 3 N–H and O–H groups in total. The molecule has 2 aromatic rings. The Morgan fingerprint density at radius 2 is 1.83 bits per heavy atom. The van der Waals surface area contributed by atoms with Crippen molar-refractivity contribution in [2.45, 2.75) is 32.5 Å². The summed E-state index contributed by atoms with van der Waals surface area (Å²) < 4.78 is 11.2. The zero-order valence-corrected chi connectivity index (χ0v) is 13.3. The zero-order chi connectivity index (χ0) is 16.7. The van der Waals surface area contributed by atoms with E-state index >= 15 is 0 Å². The van der Waals surface area contributed by atoms with Gasteiger partial charge in [0.25, 0.3) is 0 Å². The Kier molecular flexibility index (Phi) is 3.82. The molecule has 5 heteroatoms. The molecule has 2 unspecified atom stereocenters. The van der Waals surface area contributed by atoms with Gasteiger partial charge in [-0.2, -0.15) is 0 Å². The molecule has 0 saturated carbocycles. The van der Waals surface area contributed by atoms with Crippen LogP contribution in [0.4, 0.5) is 0 Å². The van der Waals surface area contributed by atoms with Crippen LogP contribution in [0.2, 0.25) is 0 Å². The maximum absolute atomic E-state index is 10.5. The minimum atomic E-state index is -0.738. The van der Waals surface area contributed by atoms with Gasteiger partial charge in [-0.05, 0) is 48.7 Å². The van der Waals surface area contributed by atoms with Gasteiger partial charge < -0.3 is 24.8 Å². The lowest BCUT2D eigenvalue weighted by atomic mass is 9.91. The largest absolute Gasteiger partial charge is 0.504 e. The van der Waals surface area contributed by atoms with Crippen molar-refractivity contribution in [3.05, 3.63) is 46.5 Å². The smallest absolute Gasteiger partial charge is 0.160 e. The van der Waals surface area contributed by atoms with E-state index in [1.807, 2.05) is 13.0 Å². The quantitative estimate of drug-likeness (QED) is 0.743. The molecule has 3 rings (SSSR count). The third kappa shape index (κ3) is 2.68. The normalized spacial score (nSPS) is 19.8. The number of hydrogen-bond donors (Lipinski definition) is 3. The van der Waals surface area contributed by atoms with Crippen LogP contribution in [-0.2, 0) is 6.42 Å². The minimum Gasteiger partial charge on any atom is -0.504 e. The topological polar surface area (TPSA) is 79.2 Å². The van der Waals surface area contributed by atoms with E-state index in [0.29, 0.717) is 29.0 Å². The molecular weight excluding hydrogens is 296 g/mol. The predicted octanol–water partition coefficient (Wildman–Crippen LogP) is 2.76. The van der Waals surface area contributed by atoms with Gasteiger partial charge in [0.1, 0.15) is 17.6 Å². The van der Waals surface area contributed by atoms with Gasteiger partial charge in [-0.1, -0.05) is 0 Å². The Balaban J connectivity index is 2.02. The van der Waals surface area contributed by atoms with E-state index in [1.54, 1.807) is 26.2 Å². The van der Waals surface area contributed by atoms with Crippen LogP contribution in [0, 0.1) is 13.8 Å². The van der Waals surface area contributed by atoms with Crippen molar-refractivity contribution in [2.24, 2.45) is 0 Å². The number of benzene rings is 2. The van der Waals surface area contributed by atoms with E-state index in [2.05, 4.69) is 0 Å². The van der Waals surface area contributed by atoms with Gasteiger partial charge in [0, 0.05) is 18.1 Å². The van der Waals surface area contributed by atoms with E-state index in [9.17, 15) is 15.3 Å². The predicted molar refractivity (Wildman–Crippen MR) is 85.3 cm³/mol. The van der Waals surface area contributed by atoms with Crippen LogP contribution >= 0.6 is 0 Å². The number of aliphatic hydroxyl groups is 1. The summed E-state index contributed by atoms with van der Waals surface area (Å²) in [4.78, 5) is 0. The van der Waals surface area contributed by atoms with Crippen molar-refractivity contribution in [1.29, 1.82) is 0 Å². The number of methoxy groups -OCH3 is 1. The van der Waals surface area contributed by atoms with Crippen LogP contribution in [0.5, 0.6) is 23.0 Å². The average Bonchev–Trinajstić information content (AvgIpc) is 2.52. The number of aliphatic hydroxyl groups excluding tert-OH is 1. The van der Waals surface area contributed by atoms with E-state index in [1.165, 1.54) is 6.07 Å². The van der Waals surface area contributed by atoms with Gasteiger partial charge in [-0.25, -0.2) is 0 Å². The standard InChI is InChI=1S/C18H20O5/c1-9-5-12(22-3)7-16-13(9)8-15(20)18(23-16)11-4-10(2)17(21)14(19)6-11/h4-7,15,18-21H,8H2,1-3H3. The molecule has 2 aromatic carbocycles. The van der Waals surface area contributed by atoms with E-state index < -0.39 is 12.2 Å². The molecule has 0 aliphatic carbocycles. The first-order chi connectivity index (χ1) is 10.9. The minimum absolute atomic E-state index is 0.156. The molecule has 0 amide bonds. The van der Waals surface area contributed by atoms with Gasteiger partial charge >= 0.3 is 0 Å². The summed E-state index contributed by atoms with van der Waals surface area (Å²) in [6.45, 7) is 3.64. The van der Waals surface area contributed by atoms with Crippen LogP contribution in [-0.4, -0.2) is 28.5 Å². The number of fused-ring (bicyclic) bond motifs is 1. The Morgan fingerprint density at radius 1 is 1.09 bits per heavy atom. The first-order valence-electron chi connectivity index (χ1n) is 7.45. The second-order valence-corrected chi connectivity index (χ2v) is 5.94. The van der Waals surface area contributed by atoms with Crippen LogP contribution < -0.4 is 9.47 Å². The summed E-state index contributed by atoms with van der Waals surface area (Å²) in [7, 11) is 1.59. The number of phenolic OH excluding ortho intramolecular Hbond substituents is 2. The van der Waals surface area contributed by atoms with Gasteiger partial charge in [0.05, 0.1) is 13.2 Å². The fourth-order valence-corrected chi connectivity index (χ4v) is 3.01. The maximum Gasteiger partial charge on any atom is 0.160 e. The van der Waals surface area contributed by atoms with Crippen molar-refractivity contribution in [2.75, 3.05) is 7.11 Å². The molecule has 0 fully saturated rings. The van der Waals surface area contributed by atoms with Gasteiger partial charge in [-0.3, -0.25) is 0 Å². The van der Waals surface area contributed by atoms with Crippen LogP contribution in [0.1, 0.15) is 28.4 Å². The highest BCUT2D eigenvalue weighted by Crippen LogP contribution is 2.41. The van der Waals surface area contributed by atoms with Crippen molar-refractivity contribution >= 4 is 0 Å². The van der Waals surface area contributed by atoms with Crippen molar-refractivity contribution in [3.63, 3.8) is 0 Å². The summed E-state index contributed by atoms with van der Waals surface area (Å²) in [5.74, 6) is 0.990. The molecule has 0 bridgehead atoms. The Hall–Kier alpha value is -2.40. The molecule has 0 saturated heterocycles. The Bertz CT molecular complexity index is 730. The highest BCUT2D eigenvalue weighted by Gasteiger charge is 2.32. The van der Waals surface area contributed by atoms with Crippen molar-refractivity contribution < 1.29 is 24.8 Å².